The number of aromatic amines is 1. The van der Waals surface area contributed by atoms with Gasteiger partial charge in [0.05, 0.1) is 17.7 Å². The molecule has 2 heterocycles. The first-order valence-corrected chi connectivity index (χ1v) is 9.05. The van der Waals surface area contributed by atoms with Gasteiger partial charge in [-0.3, -0.25) is 0 Å². The van der Waals surface area contributed by atoms with Crippen LogP contribution >= 0.6 is 11.6 Å². The molecule has 2 aromatic heterocycles. The number of halogens is 1. The molecule has 0 amide bonds. The molecule has 6 heteroatoms. The van der Waals surface area contributed by atoms with Crippen molar-refractivity contribution in [1.82, 2.24) is 9.97 Å². The van der Waals surface area contributed by atoms with Gasteiger partial charge in [-0.05, 0) is 35.9 Å². The summed E-state index contributed by atoms with van der Waals surface area (Å²) in [6.07, 6.45) is 1.64. The fourth-order valence-corrected chi connectivity index (χ4v) is 3.16. The van der Waals surface area contributed by atoms with E-state index in [4.69, 9.17) is 21.1 Å². The summed E-state index contributed by atoms with van der Waals surface area (Å²) in [7, 11) is 1.35. The van der Waals surface area contributed by atoms with Gasteiger partial charge in [-0.25, -0.2) is 9.78 Å². The molecule has 0 unspecified atom stereocenters. The Bertz CT molecular complexity index is 1140. The maximum Gasteiger partial charge on any atom is 0.338 e. The van der Waals surface area contributed by atoms with Crippen LogP contribution in [0.4, 0.5) is 0 Å². The van der Waals surface area contributed by atoms with Gasteiger partial charge in [0.1, 0.15) is 18.0 Å². The predicted molar refractivity (Wildman–Crippen MR) is 109 cm³/mol. The zero-order chi connectivity index (χ0) is 19.5. The van der Waals surface area contributed by atoms with Gasteiger partial charge >= 0.3 is 5.97 Å². The van der Waals surface area contributed by atoms with Gasteiger partial charge in [-0.1, -0.05) is 41.9 Å². The van der Waals surface area contributed by atoms with Crippen molar-refractivity contribution < 1.29 is 14.3 Å². The number of aromatic nitrogens is 2. The van der Waals surface area contributed by atoms with Crippen LogP contribution in [0.25, 0.3) is 22.3 Å². The van der Waals surface area contributed by atoms with E-state index in [9.17, 15) is 4.79 Å². The van der Waals surface area contributed by atoms with Gasteiger partial charge in [0.15, 0.2) is 0 Å². The van der Waals surface area contributed by atoms with Gasteiger partial charge < -0.3 is 14.5 Å². The summed E-state index contributed by atoms with van der Waals surface area (Å²) in [4.78, 5) is 19.7. The topological polar surface area (TPSA) is 64.2 Å². The number of hydrogen-bond acceptors (Lipinski definition) is 4. The summed E-state index contributed by atoms with van der Waals surface area (Å²) >= 11 is 6.25. The second kappa shape index (κ2) is 7.74. The molecule has 0 aliphatic rings. The second-order valence-electron chi connectivity index (χ2n) is 6.25. The number of pyridine rings is 1. The Labute approximate surface area is 166 Å². The predicted octanol–water partition coefficient (Wildman–Crippen LogP) is 5.25. The lowest BCUT2D eigenvalue weighted by molar-refractivity contribution is 0.0600. The fourth-order valence-electron chi connectivity index (χ4n) is 2.96. The van der Waals surface area contributed by atoms with Crippen LogP contribution in [0.1, 0.15) is 15.9 Å². The van der Waals surface area contributed by atoms with E-state index in [0.29, 0.717) is 28.6 Å². The van der Waals surface area contributed by atoms with Crippen molar-refractivity contribution in [2.24, 2.45) is 0 Å². The summed E-state index contributed by atoms with van der Waals surface area (Å²) in [5.41, 5.74) is 3.68. The number of esters is 1. The van der Waals surface area contributed by atoms with Crippen molar-refractivity contribution in [1.29, 1.82) is 0 Å². The van der Waals surface area contributed by atoms with E-state index < -0.39 is 5.97 Å². The zero-order valence-electron chi connectivity index (χ0n) is 15.1. The number of methoxy groups -OCH3 is 1. The van der Waals surface area contributed by atoms with Crippen LogP contribution in [0.15, 0.2) is 66.9 Å². The highest BCUT2D eigenvalue weighted by molar-refractivity contribution is 6.35. The molecule has 0 saturated heterocycles. The van der Waals surface area contributed by atoms with Crippen LogP contribution in [0, 0.1) is 0 Å². The van der Waals surface area contributed by atoms with Crippen LogP contribution in [-0.2, 0) is 11.3 Å². The zero-order valence-corrected chi connectivity index (χ0v) is 15.9. The van der Waals surface area contributed by atoms with Crippen molar-refractivity contribution >= 4 is 28.6 Å². The van der Waals surface area contributed by atoms with E-state index in [0.717, 1.165) is 22.2 Å². The number of fused-ring (bicyclic) bond motifs is 1. The van der Waals surface area contributed by atoms with Gasteiger partial charge in [-0.15, -0.1) is 0 Å². The summed E-state index contributed by atoms with van der Waals surface area (Å²) < 4.78 is 10.8. The fraction of sp³-hybridized carbons (Fsp3) is 0.0909. The largest absolute Gasteiger partial charge is 0.489 e. The molecule has 4 aromatic rings. The number of rotatable bonds is 5. The van der Waals surface area contributed by atoms with Crippen molar-refractivity contribution in [3.05, 3.63) is 83.0 Å². The normalized spacial score (nSPS) is 10.8. The lowest BCUT2D eigenvalue weighted by Gasteiger charge is -2.10. The minimum Gasteiger partial charge on any atom is -0.489 e. The summed E-state index contributed by atoms with van der Waals surface area (Å²) in [6.45, 7) is 0.394. The monoisotopic (exact) mass is 392 g/mol. The Morgan fingerprint density at radius 2 is 1.93 bits per heavy atom. The third kappa shape index (κ3) is 3.70. The third-order valence-electron chi connectivity index (χ3n) is 4.37. The molecule has 0 radical (unpaired) electrons. The van der Waals surface area contributed by atoms with Crippen LogP contribution < -0.4 is 4.74 Å². The molecule has 0 aliphatic carbocycles. The Balaban J connectivity index is 1.72. The molecule has 4 rings (SSSR count). The van der Waals surface area contributed by atoms with Gasteiger partial charge in [0, 0.05) is 22.8 Å². The molecule has 140 valence electrons. The Hall–Kier alpha value is -3.31. The molecule has 0 bridgehead atoms. The first-order chi connectivity index (χ1) is 13.6. The highest BCUT2D eigenvalue weighted by Gasteiger charge is 2.13. The molecule has 0 saturated carbocycles. The second-order valence-corrected chi connectivity index (χ2v) is 6.66. The summed E-state index contributed by atoms with van der Waals surface area (Å²) in [6, 6.07) is 18.8. The number of hydrogen-bond donors (Lipinski definition) is 1. The van der Waals surface area contributed by atoms with E-state index in [2.05, 4.69) is 9.97 Å². The van der Waals surface area contributed by atoms with Crippen LogP contribution in [0.5, 0.6) is 5.75 Å². The number of nitrogens with zero attached hydrogens (tertiary/aromatic N) is 1. The summed E-state index contributed by atoms with van der Waals surface area (Å²) in [5.74, 6) is 0.137. The maximum absolute atomic E-state index is 12.1. The molecule has 28 heavy (non-hydrogen) atoms. The van der Waals surface area contributed by atoms with Crippen LogP contribution in [0.2, 0.25) is 5.02 Å². The molecule has 0 atom stereocenters. The number of carbonyl (C=O) groups is 1. The lowest BCUT2D eigenvalue weighted by Crippen LogP contribution is -2.03. The van der Waals surface area contributed by atoms with Crippen molar-refractivity contribution in [3.63, 3.8) is 0 Å². The quantitative estimate of drug-likeness (QED) is 0.471. The standard InChI is InChI=1S/C22H17ClN2O3/c1-27-22(26)16-9-15(20-12-18-19(23)7-8-24-21(18)25-20)10-17(11-16)28-13-14-5-3-2-4-6-14/h2-12H,13H2,1H3,(H,24,25). The van der Waals surface area contributed by atoms with Gasteiger partial charge in [-0.2, -0.15) is 0 Å². The molecule has 5 nitrogen and oxygen atoms in total. The molecular formula is C22H17ClN2O3. The molecular weight excluding hydrogens is 376 g/mol. The van der Waals surface area contributed by atoms with E-state index in [1.807, 2.05) is 42.5 Å². The molecule has 2 aromatic carbocycles. The maximum atomic E-state index is 12.1. The van der Waals surface area contributed by atoms with Crippen LogP contribution in [0.3, 0.4) is 0 Å². The Morgan fingerprint density at radius 1 is 1.11 bits per heavy atom. The lowest BCUT2D eigenvalue weighted by atomic mass is 10.1. The molecule has 0 spiro atoms. The number of benzene rings is 2. The van der Waals surface area contributed by atoms with E-state index in [1.54, 1.807) is 24.4 Å². The first-order valence-electron chi connectivity index (χ1n) is 8.68. The summed E-state index contributed by atoms with van der Waals surface area (Å²) in [5, 5.41) is 1.42. The smallest absolute Gasteiger partial charge is 0.338 e. The number of nitrogens with one attached hydrogen (secondary N) is 1. The average Bonchev–Trinajstić information content (AvgIpc) is 3.18. The number of carbonyl (C=O) groups excluding carboxylic acids is 1. The first kappa shape index (κ1) is 18.1. The van der Waals surface area contributed by atoms with Crippen LogP contribution in [-0.4, -0.2) is 23.0 Å². The van der Waals surface area contributed by atoms with E-state index >= 15 is 0 Å². The van der Waals surface area contributed by atoms with E-state index in [1.165, 1.54) is 7.11 Å². The van der Waals surface area contributed by atoms with Crippen molar-refractivity contribution in [3.8, 4) is 17.0 Å². The highest BCUT2D eigenvalue weighted by Crippen LogP contribution is 2.31. The molecule has 0 aliphatic heterocycles. The third-order valence-corrected chi connectivity index (χ3v) is 4.70. The average molecular weight is 393 g/mol. The Kier molecular flexibility index (Phi) is 5.00. The Morgan fingerprint density at radius 3 is 2.68 bits per heavy atom. The molecule has 0 fully saturated rings. The minimum atomic E-state index is -0.432. The SMILES string of the molecule is COC(=O)c1cc(OCc2ccccc2)cc(-c2cc3c(Cl)ccnc3[nH]2)c1. The highest BCUT2D eigenvalue weighted by atomic mass is 35.5. The number of ether oxygens (including phenoxy) is 2. The van der Waals surface area contributed by atoms with Gasteiger partial charge in [0.25, 0.3) is 0 Å². The van der Waals surface area contributed by atoms with Crippen molar-refractivity contribution in [2.45, 2.75) is 6.61 Å². The number of H-pyrrole nitrogens is 1. The molecule has 1 N–H and O–H groups in total. The minimum absolute atomic E-state index is 0.394. The van der Waals surface area contributed by atoms with E-state index in [-0.39, 0.29) is 0 Å². The van der Waals surface area contributed by atoms with Gasteiger partial charge in [0.2, 0.25) is 0 Å². The van der Waals surface area contributed by atoms with Crippen molar-refractivity contribution in [2.75, 3.05) is 7.11 Å².